The Balaban J connectivity index is 1.86. The number of benzene rings is 1. The molecule has 0 aromatic heterocycles. The number of fused-ring (bicyclic) bond motifs is 1. The number of hydrogen-bond acceptors (Lipinski definition) is 4. The molecule has 3 amide bonds. The molecule has 1 aromatic carbocycles. The Labute approximate surface area is 115 Å². The second-order valence-corrected chi connectivity index (χ2v) is 5.05. The minimum Gasteiger partial charge on any atom is -0.392 e. The topological polar surface area (TPSA) is 86.7 Å². The molecule has 1 atom stereocenters. The fraction of sp³-hybridized carbons (Fsp3) is 0.357. The fourth-order valence-corrected chi connectivity index (χ4v) is 2.73. The smallest absolute Gasteiger partial charge is 0.255 e. The summed E-state index contributed by atoms with van der Waals surface area (Å²) in [6.07, 6.45) is 0.607. The lowest BCUT2D eigenvalue weighted by atomic mass is 10.0. The highest BCUT2D eigenvalue weighted by Crippen LogP contribution is 2.28. The van der Waals surface area contributed by atoms with Crippen molar-refractivity contribution in [3.8, 4) is 0 Å². The second kappa shape index (κ2) is 4.72. The van der Waals surface area contributed by atoms with E-state index >= 15 is 0 Å². The number of nitrogens with one attached hydrogen (secondary N) is 1. The number of piperidine rings is 1. The largest absolute Gasteiger partial charge is 0.392 e. The van der Waals surface area contributed by atoms with Gasteiger partial charge in [0.15, 0.2) is 0 Å². The van der Waals surface area contributed by atoms with Crippen LogP contribution in [0.4, 0.5) is 0 Å². The van der Waals surface area contributed by atoms with Crippen molar-refractivity contribution in [2.24, 2.45) is 0 Å². The zero-order chi connectivity index (χ0) is 14.3. The molecule has 1 saturated heterocycles. The third kappa shape index (κ3) is 1.98. The van der Waals surface area contributed by atoms with Crippen LogP contribution >= 0.6 is 0 Å². The van der Waals surface area contributed by atoms with Crippen LogP contribution in [0.25, 0.3) is 0 Å². The summed E-state index contributed by atoms with van der Waals surface area (Å²) in [7, 11) is 0. The van der Waals surface area contributed by atoms with E-state index in [0.29, 0.717) is 18.5 Å². The van der Waals surface area contributed by atoms with Crippen molar-refractivity contribution in [2.45, 2.75) is 32.0 Å². The normalized spacial score (nSPS) is 21.9. The molecule has 2 aliphatic rings. The van der Waals surface area contributed by atoms with E-state index in [2.05, 4.69) is 5.32 Å². The highest BCUT2D eigenvalue weighted by Gasteiger charge is 2.38. The minimum absolute atomic E-state index is 0.0834. The Kier molecular flexibility index (Phi) is 3.02. The molecular formula is C14H14N2O4. The van der Waals surface area contributed by atoms with E-state index in [-0.39, 0.29) is 24.8 Å². The molecule has 6 nitrogen and oxygen atoms in total. The SMILES string of the molecule is O=C1CCC(N2Cc3cc(CO)ccc3C2=O)C(=O)N1. The first kappa shape index (κ1) is 12.8. The maximum absolute atomic E-state index is 12.3. The zero-order valence-electron chi connectivity index (χ0n) is 10.8. The Morgan fingerprint density at radius 2 is 2.10 bits per heavy atom. The standard InChI is InChI=1S/C14H14N2O4/c17-7-8-1-2-10-9(5-8)6-16(14(10)20)11-3-4-12(18)15-13(11)19/h1-2,5,11,17H,3-4,6-7H2,(H,15,18,19). The van der Waals surface area contributed by atoms with E-state index in [0.717, 1.165) is 11.1 Å². The lowest BCUT2D eigenvalue weighted by Gasteiger charge is -2.29. The van der Waals surface area contributed by atoms with E-state index < -0.39 is 11.9 Å². The Morgan fingerprint density at radius 1 is 1.30 bits per heavy atom. The molecule has 2 heterocycles. The molecule has 0 bridgehead atoms. The van der Waals surface area contributed by atoms with Crippen LogP contribution in [-0.2, 0) is 22.7 Å². The number of amides is 3. The molecule has 20 heavy (non-hydrogen) atoms. The van der Waals surface area contributed by atoms with E-state index in [1.807, 2.05) is 0 Å². The molecule has 2 aliphatic heterocycles. The van der Waals surface area contributed by atoms with Gasteiger partial charge in [0, 0.05) is 18.5 Å². The van der Waals surface area contributed by atoms with Gasteiger partial charge in [0.2, 0.25) is 11.8 Å². The highest BCUT2D eigenvalue weighted by atomic mass is 16.3. The van der Waals surface area contributed by atoms with Crippen molar-refractivity contribution < 1.29 is 19.5 Å². The lowest BCUT2D eigenvalue weighted by Crippen LogP contribution is -2.52. The maximum atomic E-state index is 12.3. The fourth-order valence-electron chi connectivity index (χ4n) is 2.73. The van der Waals surface area contributed by atoms with Crippen LogP contribution < -0.4 is 5.32 Å². The van der Waals surface area contributed by atoms with Gasteiger partial charge in [0.25, 0.3) is 5.91 Å². The number of carbonyl (C=O) groups is 3. The second-order valence-electron chi connectivity index (χ2n) is 5.05. The van der Waals surface area contributed by atoms with Crippen LogP contribution in [-0.4, -0.2) is 33.8 Å². The molecule has 0 saturated carbocycles. The molecule has 0 aliphatic carbocycles. The van der Waals surface area contributed by atoms with Gasteiger partial charge in [0.1, 0.15) is 6.04 Å². The summed E-state index contributed by atoms with van der Waals surface area (Å²) in [5.74, 6) is -0.901. The van der Waals surface area contributed by atoms with Crippen LogP contribution in [0.15, 0.2) is 18.2 Å². The number of nitrogens with zero attached hydrogens (tertiary/aromatic N) is 1. The quantitative estimate of drug-likeness (QED) is 0.740. The molecule has 1 unspecified atom stereocenters. The summed E-state index contributed by atoms with van der Waals surface area (Å²) in [4.78, 5) is 36.8. The summed E-state index contributed by atoms with van der Waals surface area (Å²) < 4.78 is 0. The Hall–Kier alpha value is -2.21. The summed E-state index contributed by atoms with van der Waals surface area (Å²) in [6, 6.07) is 4.56. The molecule has 0 radical (unpaired) electrons. The number of aliphatic hydroxyl groups excluding tert-OH is 1. The van der Waals surface area contributed by atoms with Crippen molar-refractivity contribution in [1.82, 2.24) is 10.2 Å². The van der Waals surface area contributed by atoms with Crippen molar-refractivity contribution in [2.75, 3.05) is 0 Å². The zero-order valence-corrected chi connectivity index (χ0v) is 10.8. The van der Waals surface area contributed by atoms with Crippen LogP contribution in [0.2, 0.25) is 0 Å². The van der Waals surface area contributed by atoms with E-state index in [4.69, 9.17) is 5.11 Å². The first-order valence-corrected chi connectivity index (χ1v) is 6.47. The van der Waals surface area contributed by atoms with Crippen molar-refractivity contribution in [1.29, 1.82) is 0 Å². The molecule has 0 spiro atoms. The van der Waals surface area contributed by atoms with Gasteiger partial charge in [0.05, 0.1) is 6.61 Å². The van der Waals surface area contributed by atoms with Gasteiger partial charge >= 0.3 is 0 Å². The molecule has 1 fully saturated rings. The minimum atomic E-state index is -0.592. The van der Waals surface area contributed by atoms with E-state index in [9.17, 15) is 14.4 Å². The van der Waals surface area contributed by atoms with Crippen LogP contribution in [0, 0.1) is 0 Å². The first-order valence-electron chi connectivity index (χ1n) is 6.47. The van der Waals surface area contributed by atoms with Crippen LogP contribution in [0.3, 0.4) is 0 Å². The van der Waals surface area contributed by atoms with Gasteiger partial charge in [-0.3, -0.25) is 19.7 Å². The summed E-state index contributed by atoms with van der Waals surface area (Å²) in [6.45, 7) is 0.258. The van der Waals surface area contributed by atoms with Gasteiger partial charge in [-0.2, -0.15) is 0 Å². The van der Waals surface area contributed by atoms with E-state index in [1.165, 1.54) is 4.90 Å². The molecule has 1 aromatic rings. The van der Waals surface area contributed by atoms with Gasteiger partial charge in [-0.1, -0.05) is 12.1 Å². The van der Waals surface area contributed by atoms with Crippen molar-refractivity contribution >= 4 is 17.7 Å². The Morgan fingerprint density at radius 3 is 2.80 bits per heavy atom. The molecule has 2 N–H and O–H groups in total. The molecular weight excluding hydrogens is 260 g/mol. The first-order chi connectivity index (χ1) is 9.60. The van der Waals surface area contributed by atoms with Gasteiger partial charge in [-0.05, 0) is 23.6 Å². The van der Waals surface area contributed by atoms with Crippen LogP contribution in [0.5, 0.6) is 0 Å². The number of aliphatic hydroxyl groups is 1. The average molecular weight is 274 g/mol. The van der Waals surface area contributed by atoms with Crippen molar-refractivity contribution in [3.05, 3.63) is 34.9 Å². The van der Waals surface area contributed by atoms with E-state index in [1.54, 1.807) is 18.2 Å². The number of rotatable bonds is 2. The van der Waals surface area contributed by atoms with Crippen molar-refractivity contribution in [3.63, 3.8) is 0 Å². The monoisotopic (exact) mass is 274 g/mol. The third-order valence-electron chi connectivity index (χ3n) is 3.77. The summed E-state index contributed by atoms with van der Waals surface area (Å²) in [5, 5.41) is 11.4. The average Bonchev–Trinajstić information content (AvgIpc) is 2.75. The maximum Gasteiger partial charge on any atom is 0.255 e. The summed E-state index contributed by atoms with van der Waals surface area (Å²) in [5.41, 5.74) is 2.11. The van der Waals surface area contributed by atoms with Crippen LogP contribution in [0.1, 0.15) is 34.3 Å². The molecule has 104 valence electrons. The number of imide groups is 1. The summed E-state index contributed by atoms with van der Waals surface area (Å²) >= 11 is 0. The molecule has 6 heteroatoms. The lowest BCUT2D eigenvalue weighted by molar-refractivity contribution is -0.136. The molecule has 3 rings (SSSR count). The highest BCUT2D eigenvalue weighted by molar-refractivity contribution is 6.05. The van der Waals surface area contributed by atoms with Gasteiger partial charge in [-0.25, -0.2) is 0 Å². The predicted molar refractivity (Wildman–Crippen MR) is 68.4 cm³/mol. The third-order valence-corrected chi connectivity index (χ3v) is 3.77. The number of carbonyl (C=O) groups excluding carboxylic acids is 3. The Bertz CT molecular complexity index is 611. The predicted octanol–water partition coefficient (Wildman–Crippen LogP) is -0.0601. The van der Waals surface area contributed by atoms with Gasteiger partial charge < -0.3 is 10.0 Å². The number of hydrogen-bond donors (Lipinski definition) is 2. The van der Waals surface area contributed by atoms with Gasteiger partial charge in [-0.15, -0.1) is 0 Å².